The van der Waals surface area contributed by atoms with Crippen molar-refractivity contribution in [2.24, 2.45) is 0 Å². The smallest absolute Gasteiger partial charge is 0.260 e. The van der Waals surface area contributed by atoms with Crippen LogP contribution in [0.25, 0.3) is 10.4 Å². The summed E-state index contributed by atoms with van der Waals surface area (Å²) in [4.78, 5) is 17.7. The summed E-state index contributed by atoms with van der Waals surface area (Å²) in [6, 6.07) is 21.6. The zero-order valence-electron chi connectivity index (χ0n) is 15.7. The van der Waals surface area contributed by atoms with Crippen molar-refractivity contribution in [1.29, 1.82) is 0 Å². The number of carbonyl (C=O) groups excluding carboxylic acids is 1. The SMILES string of the molecule is Cc1ccc(-c2ccc(C(=O)N3Cc4cccn4Nc4ccccc43)c(Cl)c2)s1. The molecule has 0 radical (unpaired) electrons. The van der Waals surface area contributed by atoms with Crippen LogP contribution in [0.3, 0.4) is 0 Å². The first-order valence-electron chi connectivity index (χ1n) is 9.31. The highest BCUT2D eigenvalue weighted by Gasteiger charge is 2.26. The molecular formula is C23H18ClN3OS. The van der Waals surface area contributed by atoms with Crippen molar-refractivity contribution >= 4 is 40.2 Å². The number of benzene rings is 2. The Hall–Kier alpha value is -3.02. The molecule has 0 bridgehead atoms. The first-order valence-corrected chi connectivity index (χ1v) is 10.5. The summed E-state index contributed by atoms with van der Waals surface area (Å²) < 4.78 is 1.94. The van der Waals surface area contributed by atoms with Crippen LogP contribution in [0.2, 0.25) is 5.02 Å². The van der Waals surface area contributed by atoms with Crippen molar-refractivity contribution in [3.05, 3.63) is 94.1 Å². The minimum absolute atomic E-state index is 0.118. The lowest BCUT2D eigenvalue weighted by molar-refractivity contribution is 0.0985. The Balaban J connectivity index is 1.55. The van der Waals surface area contributed by atoms with Crippen LogP contribution in [0.1, 0.15) is 20.9 Å². The maximum absolute atomic E-state index is 13.5. The lowest BCUT2D eigenvalue weighted by Gasteiger charge is -2.23. The van der Waals surface area contributed by atoms with E-state index in [1.165, 1.54) is 4.88 Å². The normalized spacial score (nSPS) is 12.7. The van der Waals surface area contributed by atoms with E-state index >= 15 is 0 Å². The van der Waals surface area contributed by atoms with Gasteiger partial charge in [0.05, 0.1) is 34.2 Å². The standard InChI is InChI=1S/C23H18ClN3OS/c1-15-8-11-22(29-15)16-9-10-18(19(24)13-16)23(28)26-14-17-5-4-12-27(17)25-20-6-2-3-7-21(20)26/h2-13,25H,14H2,1H3. The molecule has 3 heterocycles. The molecule has 4 nitrogen and oxygen atoms in total. The van der Waals surface area contributed by atoms with Crippen molar-refractivity contribution < 1.29 is 4.79 Å². The van der Waals surface area contributed by atoms with E-state index < -0.39 is 0 Å². The van der Waals surface area contributed by atoms with Gasteiger partial charge in [-0.1, -0.05) is 29.8 Å². The Kier molecular flexibility index (Phi) is 4.42. The van der Waals surface area contributed by atoms with Crippen molar-refractivity contribution in [2.45, 2.75) is 13.5 Å². The van der Waals surface area contributed by atoms with Gasteiger partial charge in [-0.25, -0.2) is 0 Å². The third kappa shape index (κ3) is 3.22. The molecule has 1 aliphatic rings. The second-order valence-corrected chi connectivity index (χ2v) is 8.69. The molecule has 0 saturated heterocycles. The van der Waals surface area contributed by atoms with Crippen molar-refractivity contribution in [1.82, 2.24) is 4.68 Å². The summed E-state index contributed by atoms with van der Waals surface area (Å²) in [5, 5.41) is 0.462. The Morgan fingerprint density at radius 2 is 1.93 bits per heavy atom. The van der Waals surface area contributed by atoms with Gasteiger partial charge in [0.25, 0.3) is 5.91 Å². The van der Waals surface area contributed by atoms with Gasteiger partial charge in [-0.15, -0.1) is 11.3 Å². The third-order valence-electron chi connectivity index (χ3n) is 5.06. The van der Waals surface area contributed by atoms with Crippen molar-refractivity contribution in [3.63, 3.8) is 0 Å². The van der Waals surface area contributed by atoms with Gasteiger partial charge in [0.2, 0.25) is 0 Å². The van der Waals surface area contributed by atoms with Crippen LogP contribution in [0.4, 0.5) is 11.4 Å². The van der Waals surface area contributed by atoms with Gasteiger partial charge in [-0.2, -0.15) is 0 Å². The fourth-order valence-corrected chi connectivity index (χ4v) is 4.72. The highest BCUT2D eigenvalue weighted by Crippen LogP contribution is 2.35. The number of para-hydroxylation sites is 2. The fraction of sp³-hybridized carbons (Fsp3) is 0.0870. The lowest BCUT2D eigenvalue weighted by atomic mass is 10.1. The highest BCUT2D eigenvalue weighted by molar-refractivity contribution is 7.15. The monoisotopic (exact) mass is 419 g/mol. The Morgan fingerprint density at radius 1 is 1.07 bits per heavy atom. The number of hydrogen-bond donors (Lipinski definition) is 1. The summed E-state index contributed by atoms with van der Waals surface area (Å²) >= 11 is 8.30. The van der Waals surface area contributed by atoms with Crippen LogP contribution in [0, 0.1) is 6.92 Å². The fourth-order valence-electron chi connectivity index (χ4n) is 3.59. The molecule has 0 aliphatic carbocycles. The number of nitrogens with zero attached hydrogens (tertiary/aromatic N) is 2. The molecule has 1 amide bonds. The van der Waals surface area contributed by atoms with Crippen LogP contribution >= 0.6 is 22.9 Å². The average molecular weight is 420 g/mol. The molecule has 2 aromatic carbocycles. The molecule has 6 heteroatoms. The van der Waals surface area contributed by atoms with Gasteiger partial charge in [0.1, 0.15) is 0 Å². The number of nitrogens with one attached hydrogen (secondary N) is 1. The molecule has 2 aromatic heterocycles. The number of thiophene rings is 1. The summed E-state index contributed by atoms with van der Waals surface area (Å²) in [5.74, 6) is -0.118. The number of aryl methyl sites for hydroxylation is 1. The van der Waals surface area contributed by atoms with E-state index in [0.29, 0.717) is 17.1 Å². The topological polar surface area (TPSA) is 37.3 Å². The van der Waals surface area contributed by atoms with Crippen LogP contribution in [0.15, 0.2) is 72.9 Å². The summed E-state index contributed by atoms with van der Waals surface area (Å²) in [6.07, 6.45) is 1.95. The quantitative estimate of drug-likeness (QED) is 0.419. The van der Waals surface area contributed by atoms with Gasteiger partial charge >= 0.3 is 0 Å². The molecule has 0 atom stereocenters. The first-order chi connectivity index (χ1) is 14.1. The molecule has 0 fully saturated rings. The number of amides is 1. The number of carbonyl (C=O) groups is 1. The van der Waals surface area contributed by atoms with Gasteiger partial charge < -0.3 is 4.90 Å². The van der Waals surface area contributed by atoms with Crippen LogP contribution in [-0.4, -0.2) is 10.6 Å². The molecule has 5 rings (SSSR count). The van der Waals surface area contributed by atoms with Gasteiger partial charge in [-0.05, 0) is 61.0 Å². The minimum Gasteiger partial charge on any atom is -0.300 e. The number of hydrogen-bond acceptors (Lipinski definition) is 3. The number of rotatable bonds is 2. The number of fused-ring (bicyclic) bond motifs is 2. The Labute approximate surface area is 177 Å². The third-order valence-corrected chi connectivity index (χ3v) is 6.42. The van der Waals surface area contributed by atoms with Gasteiger partial charge in [0, 0.05) is 16.0 Å². The average Bonchev–Trinajstić information content (AvgIpc) is 3.32. The van der Waals surface area contributed by atoms with E-state index in [4.69, 9.17) is 11.6 Å². The zero-order valence-corrected chi connectivity index (χ0v) is 17.3. The van der Waals surface area contributed by atoms with Crippen LogP contribution < -0.4 is 10.3 Å². The van der Waals surface area contributed by atoms with Crippen molar-refractivity contribution in [3.8, 4) is 10.4 Å². The molecule has 0 spiro atoms. The highest BCUT2D eigenvalue weighted by atomic mass is 35.5. The first kappa shape index (κ1) is 18.0. The second kappa shape index (κ2) is 7.10. The minimum atomic E-state index is -0.118. The summed E-state index contributed by atoms with van der Waals surface area (Å²) in [6.45, 7) is 2.53. The molecule has 0 unspecified atom stereocenters. The van der Waals surface area contributed by atoms with Crippen LogP contribution in [0.5, 0.6) is 0 Å². The van der Waals surface area contributed by atoms with E-state index in [1.54, 1.807) is 16.2 Å². The largest absolute Gasteiger partial charge is 0.300 e. The van der Waals surface area contributed by atoms with E-state index in [1.807, 2.05) is 65.5 Å². The van der Waals surface area contributed by atoms with Crippen LogP contribution in [-0.2, 0) is 6.54 Å². The van der Waals surface area contributed by atoms with E-state index in [-0.39, 0.29) is 5.91 Å². The summed E-state index contributed by atoms with van der Waals surface area (Å²) in [7, 11) is 0. The van der Waals surface area contributed by atoms with E-state index in [9.17, 15) is 4.79 Å². The number of halogens is 1. The number of anilines is 2. The molecular weight excluding hydrogens is 402 g/mol. The summed E-state index contributed by atoms with van der Waals surface area (Å²) in [5.41, 5.74) is 7.58. The van der Waals surface area contributed by atoms with E-state index in [2.05, 4.69) is 24.5 Å². The zero-order chi connectivity index (χ0) is 20.0. The van der Waals surface area contributed by atoms with E-state index in [0.717, 1.165) is 27.5 Å². The predicted octanol–water partition coefficient (Wildman–Crippen LogP) is 6.21. The number of aromatic nitrogens is 1. The molecule has 1 aliphatic heterocycles. The van der Waals surface area contributed by atoms with Gasteiger partial charge in [0.15, 0.2) is 0 Å². The molecule has 0 saturated carbocycles. The molecule has 144 valence electrons. The van der Waals surface area contributed by atoms with Gasteiger partial charge in [-0.3, -0.25) is 14.9 Å². The van der Waals surface area contributed by atoms with Crippen molar-refractivity contribution in [2.75, 3.05) is 10.3 Å². The lowest BCUT2D eigenvalue weighted by Crippen LogP contribution is -2.30. The molecule has 1 N–H and O–H groups in total. The molecule has 29 heavy (non-hydrogen) atoms. The second-order valence-electron chi connectivity index (χ2n) is 6.99. The predicted molar refractivity (Wildman–Crippen MR) is 120 cm³/mol. The maximum atomic E-state index is 13.5. The molecule has 4 aromatic rings. The Morgan fingerprint density at radius 3 is 2.72 bits per heavy atom. The maximum Gasteiger partial charge on any atom is 0.260 e. The Bertz CT molecular complexity index is 1230.